The summed E-state index contributed by atoms with van der Waals surface area (Å²) in [6.07, 6.45) is 0.964. The Balaban J connectivity index is 1.90. The minimum Gasteiger partial charge on any atom is -0.352 e. The van der Waals surface area contributed by atoms with Crippen LogP contribution < -0.4 is 5.32 Å². The summed E-state index contributed by atoms with van der Waals surface area (Å²) in [6, 6.07) is 16.7. The highest BCUT2D eigenvalue weighted by Crippen LogP contribution is 2.20. The van der Waals surface area contributed by atoms with Gasteiger partial charge in [-0.2, -0.15) is 0 Å². The fourth-order valence-corrected chi connectivity index (χ4v) is 3.01. The second-order valence-corrected chi connectivity index (χ2v) is 7.09. The second kappa shape index (κ2) is 9.28. The first-order chi connectivity index (χ1) is 11.6. The molecule has 0 saturated carbocycles. The lowest BCUT2D eigenvalue weighted by molar-refractivity contribution is 0.0951. The summed E-state index contributed by atoms with van der Waals surface area (Å²) in [5, 5.41) is 2.93. The highest BCUT2D eigenvalue weighted by molar-refractivity contribution is 8.00. The lowest BCUT2D eigenvalue weighted by atomic mass is 10.1. The number of ketones is 1. The Bertz CT molecular complexity index is 683. The van der Waals surface area contributed by atoms with Crippen molar-refractivity contribution in [3.05, 3.63) is 65.7 Å². The van der Waals surface area contributed by atoms with Crippen LogP contribution in [0.1, 0.15) is 41.0 Å². The molecule has 2 aromatic carbocycles. The lowest BCUT2D eigenvalue weighted by Crippen LogP contribution is -2.25. The van der Waals surface area contributed by atoms with E-state index in [4.69, 9.17) is 0 Å². The van der Waals surface area contributed by atoms with Gasteiger partial charge in [-0.1, -0.05) is 50.2 Å². The van der Waals surface area contributed by atoms with Crippen molar-refractivity contribution < 1.29 is 9.59 Å². The Labute approximate surface area is 147 Å². The van der Waals surface area contributed by atoms with Gasteiger partial charge in [0.05, 0.1) is 5.75 Å². The molecule has 2 rings (SSSR count). The molecule has 0 atom stereocenters. The zero-order valence-electron chi connectivity index (χ0n) is 14.1. The maximum atomic E-state index is 12.2. The first kappa shape index (κ1) is 18.3. The Morgan fingerprint density at radius 2 is 1.71 bits per heavy atom. The molecule has 0 radical (unpaired) electrons. The molecule has 4 heteroatoms. The van der Waals surface area contributed by atoms with Crippen molar-refractivity contribution >= 4 is 23.5 Å². The Hall–Kier alpha value is -2.07. The zero-order valence-corrected chi connectivity index (χ0v) is 14.9. The van der Waals surface area contributed by atoms with Crippen LogP contribution in [0.15, 0.2) is 59.5 Å². The molecule has 0 saturated heterocycles. The summed E-state index contributed by atoms with van der Waals surface area (Å²) < 4.78 is 0. The van der Waals surface area contributed by atoms with E-state index in [-0.39, 0.29) is 11.7 Å². The summed E-state index contributed by atoms with van der Waals surface area (Å²) in [7, 11) is 0. The van der Waals surface area contributed by atoms with Gasteiger partial charge in [0.25, 0.3) is 5.91 Å². The van der Waals surface area contributed by atoms with Gasteiger partial charge in [0.1, 0.15) is 0 Å². The fraction of sp³-hybridized carbons (Fsp3) is 0.300. The number of carbonyl (C=O) groups excluding carboxylic acids is 2. The minimum absolute atomic E-state index is 0.0625. The maximum Gasteiger partial charge on any atom is 0.251 e. The normalized spacial score (nSPS) is 10.6. The molecule has 24 heavy (non-hydrogen) atoms. The number of thioether (sulfide) groups is 1. The number of hydrogen-bond acceptors (Lipinski definition) is 3. The lowest BCUT2D eigenvalue weighted by Gasteiger charge is -2.08. The molecular weight excluding hydrogens is 318 g/mol. The van der Waals surface area contributed by atoms with Crippen molar-refractivity contribution in [1.82, 2.24) is 5.32 Å². The number of hydrogen-bond donors (Lipinski definition) is 1. The SMILES string of the molecule is CC(C)CCNC(=O)c1cccc(SCC(=O)c2ccccc2)c1. The highest BCUT2D eigenvalue weighted by atomic mass is 32.2. The van der Waals surface area contributed by atoms with Crippen molar-refractivity contribution in [3.8, 4) is 0 Å². The molecule has 0 aliphatic rings. The zero-order chi connectivity index (χ0) is 17.4. The Morgan fingerprint density at radius 1 is 1.00 bits per heavy atom. The summed E-state index contributed by atoms with van der Waals surface area (Å²) in [5.41, 5.74) is 1.35. The third kappa shape index (κ3) is 5.85. The monoisotopic (exact) mass is 341 g/mol. The molecule has 126 valence electrons. The van der Waals surface area contributed by atoms with Crippen LogP contribution >= 0.6 is 11.8 Å². The molecule has 2 aromatic rings. The van der Waals surface area contributed by atoms with E-state index in [1.54, 1.807) is 6.07 Å². The molecule has 0 aliphatic heterocycles. The molecule has 0 bridgehead atoms. The third-order valence-electron chi connectivity index (χ3n) is 3.57. The summed E-state index contributed by atoms with van der Waals surface area (Å²) >= 11 is 1.45. The number of rotatable bonds is 8. The van der Waals surface area contributed by atoms with E-state index in [0.717, 1.165) is 11.3 Å². The van der Waals surface area contributed by atoms with Gasteiger partial charge in [0.15, 0.2) is 5.78 Å². The van der Waals surface area contributed by atoms with Crippen LogP contribution in [0, 0.1) is 5.92 Å². The number of benzene rings is 2. The third-order valence-corrected chi connectivity index (χ3v) is 4.56. The molecule has 0 unspecified atom stereocenters. The quantitative estimate of drug-likeness (QED) is 0.570. The van der Waals surface area contributed by atoms with Gasteiger partial charge in [0, 0.05) is 22.6 Å². The van der Waals surface area contributed by atoms with E-state index in [2.05, 4.69) is 19.2 Å². The Kier molecular flexibility index (Phi) is 7.07. The van der Waals surface area contributed by atoms with Crippen LogP contribution in [0.3, 0.4) is 0 Å². The van der Waals surface area contributed by atoms with Crippen molar-refractivity contribution in [2.75, 3.05) is 12.3 Å². The Morgan fingerprint density at radius 3 is 2.42 bits per heavy atom. The molecule has 3 nitrogen and oxygen atoms in total. The van der Waals surface area contributed by atoms with E-state index in [9.17, 15) is 9.59 Å². The van der Waals surface area contributed by atoms with E-state index in [0.29, 0.717) is 29.3 Å². The van der Waals surface area contributed by atoms with Crippen LogP contribution in [0.4, 0.5) is 0 Å². The predicted octanol–water partition coefficient (Wildman–Crippen LogP) is 4.44. The predicted molar refractivity (Wildman–Crippen MR) is 99.7 cm³/mol. The number of amides is 1. The molecular formula is C20H23NO2S. The van der Waals surface area contributed by atoms with E-state index >= 15 is 0 Å². The van der Waals surface area contributed by atoms with Gasteiger partial charge in [-0.3, -0.25) is 9.59 Å². The van der Waals surface area contributed by atoms with Gasteiger partial charge >= 0.3 is 0 Å². The summed E-state index contributed by atoms with van der Waals surface area (Å²) in [6.45, 7) is 4.95. The largest absolute Gasteiger partial charge is 0.352 e. The molecule has 0 heterocycles. The van der Waals surface area contributed by atoms with Crippen LogP contribution in [0.2, 0.25) is 0 Å². The molecule has 0 spiro atoms. The smallest absolute Gasteiger partial charge is 0.251 e. The van der Waals surface area contributed by atoms with Crippen LogP contribution in [0.5, 0.6) is 0 Å². The van der Waals surface area contributed by atoms with E-state index in [1.807, 2.05) is 48.5 Å². The maximum absolute atomic E-state index is 12.2. The highest BCUT2D eigenvalue weighted by Gasteiger charge is 2.09. The van der Waals surface area contributed by atoms with Gasteiger partial charge in [-0.25, -0.2) is 0 Å². The summed E-state index contributed by atoms with van der Waals surface area (Å²) in [4.78, 5) is 25.2. The molecule has 0 aromatic heterocycles. The minimum atomic E-state index is -0.0625. The number of nitrogens with one attached hydrogen (secondary N) is 1. The van der Waals surface area contributed by atoms with Crippen molar-refractivity contribution in [1.29, 1.82) is 0 Å². The fourth-order valence-electron chi connectivity index (χ4n) is 2.16. The topological polar surface area (TPSA) is 46.2 Å². The van der Waals surface area contributed by atoms with Crippen molar-refractivity contribution in [2.24, 2.45) is 5.92 Å². The first-order valence-electron chi connectivity index (χ1n) is 8.15. The van der Waals surface area contributed by atoms with Gasteiger partial charge in [0.2, 0.25) is 0 Å². The van der Waals surface area contributed by atoms with E-state index in [1.165, 1.54) is 11.8 Å². The van der Waals surface area contributed by atoms with Crippen molar-refractivity contribution in [2.45, 2.75) is 25.2 Å². The number of carbonyl (C=O) groups is 2. The number of Topliss-reactive ketones (excluding diaryl/α,β-unsaturated/α-hetero) is 1. The van der Waals surface area contributed by atoms with Gasteiger partial charge < -0.3 is 5.32 Å². The van der Waals surface area contributed by atoms with Gasteiger partial charge in [-0.05, 0) is 30.5 Å². The molecule has 1 amide bonds. The van der Waals surface area contributed by atoms with Crippen LogP contribution in [-0.4, -0.2) is 24.0 Å². The standard InChI is InChI=1S/C20H23NO2S/c1-15(2)11-12-21-20(23)17-9-6-10-18(13-17)24-14-19(22)16-7-4-3-5-8-16/h3-10,13,15H,11-12,14H2,1-2H3,(H,21,23). The molecule has 0 fully saturated rings. The second-order valence-electron chi connectivity index (χ2n) is 6.04. The summed E-state index contributed by atoms with van der Waals surface area (Å²) in [5.74, 6) is 0.957. The van der Waals surface area contributed by atoms with Crippen LogP contribution in [0.25, 0.3) is 0 Å². The van der Waals surface area contributed by atoms with Crippen LogP contribution in [-0.2, 0) is 0 Å². The molecule has 0 aliphatic carbocycles. The first-order valence-corrected chi connectivity index (χ1v) is 9.14. The van der Waals surface area contributed by atoms with E-state index < -0.39 is 0 Å². The molecule has 1 N–H and O–H groups in total. The average molecular weight is 341 g/mol. The van der Waals surface area contributed by atoms with Gasteiger partial charge in [-0.15, -0.1) is 11.8 Å². The van der Waals surface area contributed by atoms with Crippen molar-refractivity contribution in [3.63, 3.8) is 0 Å². The average Bonchev–Trinajstić information content (AvgIpc) is 2.60.